The van der Waals surface area contributed by atoms with Crippen LogP contribution < -0.4 is 16.7 Å². The lowest BCUT2D eigenvalue weighted by Gasteiger charge is -2.35. The van der Waals surface area contributed by atoms with Crippen LogP contribution in [-0.4, -0.2) is 31.4 Å². The molecule has 1 amide bonds. The van der Waals surface area contributed by atoms with E-state index in [4.69, 9.17) is 10.2 Å². The Kier molecular flexibility index (Phi) is 5.45. The van der Waals surface area contributed by atoms with Crippen molar-refractivity contribution in [1.82, 2.24) is 25.3 Å². The first kappa shape index (κ1) is 22.9. The number of carbonyl (C=O) groups is 1. The number of aromatic nitrogens is 4. The molecule has 37 heavy (non-hydrogen) atoms. The maximum atomic E-state index is 13.1. The molecule has 6 rings (SSSR count). The summed E-state index contributed by atoms with van der Waals surface area (Å²) in [6.45, 7) is 0. The average molecular weight is 555 g/mol. The normalized spacial score (nSPS) is 17.1. The van der Waals surface area contributed by atoms with E-state index in [1.54, 1.807) is 42.9 Å². The lowest BCUT2D eigenvalue weighted by atomic mass is 9.79. The summed E-state index contributed by atoms with van der Waals surface area (Å²) in [5.74, 6) is -0.564. The fourth-order valence-corrected chi connectivity index (χ4v) is 5.20. The van der Waals surface area contributed by atoms with Crippen molar-refractivity contribution >= 4 is 49.3 Å². The molecule has 1 unspecified atom stereocenters. The van der Waals surface area contributed by atoms with Gasteiger partial charge < -0.3 is 15.5 Å². The number of pyridine rings is 1. The Hall–Kier alpha value is -4.57. The number of benzene rings is 2. The highest BCUT2D eigenvalue weighted by Gasteiger charge is 2.43. The third kappa shape index (κ3) is 3.91. The first-order valence-electron chi connectivity index (χ1n) is 11.4. The summed E-state index contributed by atoms with van der Waals surface area (Å²) < 4.78 is 7.80. The van der Waals surface area contributed by atoms with E-state index in [-0.39, 0.29) is 6.42 Å². The molecule has 0 aliphatic carbocycles. The van der Waals surface area contributed by atoms with Crippen LogP contribution in [-0.2, 0) is 11.2 Å². The molecular weight excluding hydrogens is 536 g/mol. The number of nitrogens with zero attached hydrogens (tertiary/aromatic N) is 4. The van der Waals surface area contributed by atoms with Crippen molar-refractivity contribution in [3.05, 3.63) is 111 Å². The van der Waals surface area contributed by atoms with Crippen LogP contribution in [0, 0.1) is 0 Å². The van der Waals surface area contributed by atoms with Crippen LogP contribution in [0.2, 0.25) is 0 Å². The van der Waals surface area contributed by atoms with Gasteiger partial charge in [-0.25, -0.2) is 9.48 Å². The molecule has 0 fully saturated rings. The van der Waals surface area contributed by atoms with Gasteiger partial charge in [0.25, 0.3) is 0 Å². The highest BCUT2D eigenvalue weighted by Crippen LogP contribution is 2.35. The van der Waals surface area contributed by atoms with Gasteiger partial charge in [-0.15, -0.1) is 5.10 Å². The highest BCUT2D eigenvalue weighted by atomic mass is 79.9. The number of allylic oxidation sites excluding steroid dienone is 2. The quantitative estimate of drug-likeness (QED) is 0.317. The molecule has 1 atom stereocenters. The van der Waals surface area contributed by atoms with Gasteiger partial charge in [0, 0.05) is 39.5 Å². The Morgan fingerprint density at radius 2 is 2.05 bits per heavy atom. The van der Waals surface area contributed by atoms with E-state index < -0.39 is 17.1 Å². The summed E-state index contributed by atoms with van der Waals surface area (Å²) in [6, 6.07) is 16.2. The van der Waals surface area contributed by atoms with Crippen molar-refractivity contribution in [2.24, 2.45) is 5.73 Å². The topological polar surface area (TPSA) is 129 Å². The number of hydrogen-bond acceptors (Lipinski definition) is 7. The Labute approximate surface area is 218 Å². The molecule has 1 aliphatic rings. The second-order valence-corrected chi connectivity index (χ2v) is 9.58. The summed E-state index contributed by atoms with van der Waals surface area (Å²) in [4.78, 5) is 29.5. The van der Waals surface area contributed by atoms with E-state index >= 15 is 0 Å². The summed E-state index contributed by atoms with van der Waals surface area (Å²) in [7, 11) is 0. The number of fused-ring (bicyclic) bond motifs is 2. The minimum atomic E-state index is -1.30. The Balaban J connectivity index is 1.47. The predicted octanol–water partition coefficient (Wildman–Crippen LogP) is 3.65. The monoisotopic (exact) mass is 554 g/mol. The molecule has 10 heteroatoms. The van der Waals surface area contributed by atoms with Gasteiger partial charge in [-0.05, 0) is 48.2 Å². The van der Waals surface area contributed by atoms with Crippen molar-refractivity contribution in [3.8, 4) is 5.69 Å². The van der Waals surface area contributed by atoms with Crippen LogP contribution in [0.25, 0.3) is 33.1 Å². The zero-order chi connectivity index (χ0) is 25.6. The molecule has 0 radical (unpaired) electrons. The van der Waals surface area contributed by atoms with Crippen LogP contribution in [0.3, 0.4) is 0 Å². The third-order valence-electron chi connectivity index (χ3n) is 6.44. The minimum Gasteiger partial charge on any atom is -0.420 e. The number of nitrogens with two attached hydrogens (primary N) is 1. The van der Waals surface area contributed by atoms with Gasteiger partial charge in [-0.2, -0.15) is 0 Å². The van der Waals surface area contributed by atoms with E-state index in [0.29, 0.717) is 22.5 Å². The van der Waals surface area contributed by atoms with Crippen molar-refractivity contribution in [2.45, 2.75) is 12.0 Å². The van der Waals surface area contributed by atoms with Crippen molar-refractivity contribution in [1.29, 1.82) is 0 Å². The second kappa shape index (κ2) is 8.82. The van der Waals surface area contributed by atoms with Crippen LogP contribution in [0.5, 0.6) is 0 Å². The fraction of sp³-hybridized carbons (Fsp3) is 0.0741. The van der Waals surface area contributed by atoms with E-state index in [9.17, 15) is 9.59 Å². The smallest absolute Gasteiger partial charge is 0.336 e. The number of rotatable bonds is 5. The van der Waals surface area contributed by atoms with E-state index in [0.717, 1.165) is 26.3 Å². The summed E-state index contributed by atoms with van der Waals surface area (Å²) in [6.07, 6.45) is 8.94. The number of halogens is 1. The van der Waals surface area contributed by atoms with Crippen LogP contribution in [0.4, 0.5) is 0 Å². The van der Waals surface area contributed by atoms with Gasteiger partial charge in [0.05, 0.1) is 11.7 Å². The number of amides is 1. The summed E-state index contributed by atoms with van der Waals surface area (Å²) >= 11 is 3.55. The Morgan fingerprint density at radius 1 is 1.16 bits per heavy atom. The van der Waals surface area contributed by atoms with Crippen molar-refractivity contribution < 1.29 is 9.21 Å². The first-order valence-corrected chi connectivity index (χ1v) is 12.2. The molecule has 0 bridgehead atoms. The molecule has 3 aromatic heterocycles. The van der Waals surface area contributed by atoms with Crippen LogP contribution in [0.1, 0.15) is 11.3 Å². The SMILES string of the molecule is NC(=O)C1(Cc2cc(Br)cc3ncccc23)NC=CC=C1c1cn(-c2cccc3ccc(=O)oc23)nn1. The zero-order valence-corrected chi connectivity index (χ0v) is 20.8. The van der Waals surface area contributed by atoms with Crippen LogP contribution in [0.15, 0.2) is 99.0 Å². The van der Waals surface area contributed by atoms with E-state index in [1.807, 2.05) is 36.4 Å². The highest BCUT2D eigenvalue weighted by molar-refractivity contribution is 9.10. The number of primary amides is 1. The first-order chi connectivity index (χ1) is 17.9. The van der Waals surface area contributed by atoms with Gasteiger partial charge in [0.1, 0.15) is 16.9 Å². The van der Waals surface area contributed by atoms with Crippen molar-refractivity contribution in [2.75, 3.05) is 0 Å². The largest absolute Gasteiger partial charge is 0.420 e. The number of carbonyl (C=O) groups excluding carboxylic acids is 1. The molecule has 5 aromatic rings. The predicted molar refractivity (Wildman–Crippen MR) is 143 cm³/mol. The van der Waals surface area contributed by atoms with Gasteiger partial charge >= 0.3 is 5.63 Å². The lowest BCUT2D eigenvalue weighted by molar-refractivity contribution is -0.122. The molecule has 0 saturated heterocycles. The standard InChI is InChI=1S/C27H19BrN6O3/c28-18-12-17(19-5-2-10-30-21(19)13-18)14-27(26(29)36)20(6-3-11-31-27)22-15-34(33-32-22)23-7-1-4-16-8-9-24(35)37-25(16)23/h1-13,15,31H,14H2,(H2,29,36). The number of para-hydroxylation sites is 1. The molecule has 0 spiro atoms. The molecule has 1 aliphatic heterocycles. The van der Waals surface area contributed by atoms with Gasteiger partial charge in [0.15, 0.2) is 5.58 Å². The lowest BCUT2D eigenvalue weighted by Crippen LogP contribution is -2.56. The molecule has 0 saturated carbocycles. The summed E-state index contributed by atoms with van der Waals surface area (Å²) in [5.41, 5.74) is 7.91. The van der Waals surface area contributed by atoms with Gasteiger partial charge in [-0.1, -0.05) is 45.4 Å². The maximum absolute atomic E-state index is 13.1. The zero-order valence-electron chi connectivity index (χ0n) is 19.3. The van der Waals surface area contributed by atoms with Crippen LogP contribution >= 0.6 is 15.9 Å². The third-order valence-corrected chi connectivity index (χ3v) is 6.90. The molecule has 3 N–H and O–H groups in total. The van der Waals surface area contributed by atoms with Crippen molar-refractivity contribution in [3.63, 3.8) is 0 Å². The fourth-order valence-electron chi connectivity index (χ4n) is 4.71. The Morgan fingerprint density at radius 3 is 2.92 bits per heavy atom. The Bertz CT molecular complexity index is 1820. The number of dihydropyridines is 1. The number of hydrogen-bond donors (Lipinski definition) is 2. The molecule has 9 nitrogen and oxygen atoms in total. The molecule has 2 aromatic carbocycles. The second-order valence-electron chi connectivity index (χ2n) is 8.66. The van der Waals surface area contributed by atoms with Gasteiger partial charge in [-0.3, -0.25) is 9.78 Å². The molecular formula is C27H19BrN6O3. The molecule has 4 heterocycles. The summed E-state index contributed by atoms with van der Waals surface area (Å²) in [5, 5.41) is 13.5. The minimum absolute atomic E-state index is 0.246. The number of nitrogens with one attached hydrogen (secondary N) is 1. The average Bonchev–Trinajstić information content (AvgIpc) is 3.38. The maximum Gasteiger partial charge on any atom is 0.336 e. The van der Waals surface area contributed by atoms with E-state index in [1.165, 1.54) is 10.7 Å². The van der Waals surface area contributed by atoms with Gasteiger partial charge in [0.2, 0.25) is 5.91 Å². The van der Waals surface area contributed by atoms with E-state index in [2.05, 4.69) is 36.5 Å². The molecule has 182 valence electrons.